The van der Waals surface area contributed by atoms with Crippen molar-refractivity contribution in [2.45, 2.75) is 105 Å². The van der Waals surface area contributed by atoms with Gasteiger partial charge in [-0.25, -0.2) is 4.79 Å². The first-order chi connectivity index (χ1) is 11.6. The van der Waals surface area contributed by atoms with Crippen LogP contribution in [0.2, 0.25) is 0 Å². The van der Waals surface area contributed by atoms with Crippen molar-refractivity contribution in [1.29, 1.82) is 0 Å². The number of alkyl carbamates (subject to hydrolysis) is 1. The zero-order chi connectivity index (χ0) is 20.6. The van der Waals surface area contributed by atoms with Crippen LogP contribution in [-0.2, 0) is 9.47 Å². The third-order valence-electron chi connectivity index (χ3n) is 3.97. The van der Waals surface area contributed by atoms with Crippen LogP contribution >= 0.6 is 0 Å². The highest BCUT2D eigenvalue weighted by Gasteiger charge is 2.26. The molecule has 0 bridgehead atoms. The Morgan fingerprint density at radius 1 is 1.04 bits per heavy atom. The normalized spacial score (nSPS) is 14.0. The van der Waals surface area contributed by atoms with Crippen LogP contribution in [0.1, 0.15) is 87.5 Å². The van der Waals surface area contributed by atoms with Crippen LogP contribution < -0.4 is 5.32 Å². The molecule has 0 spiro atoms. The van der Waals surface area contributed by atoms with Gasteiger partial charge in [0, 0.05) is 6.42 Å². The molecule has 0 radical (unpaired) electrons. The molecule has 0 aromatic carbocycles. The Bertz CT molecular complexity index is 444. The third-order valence-corrected chi connectivity index (χ3v) is 3.97. The van der Waals surface area contributed by atoms with E-state index < -0.39 is 17.7 Å². The molecule has 0 aromatic rings. The Morgan fingerprint density at radius 3 is 2.08 bits per heavy atom. The van der Waals surface area contributed by atoms with Gasteiger partial charge in [-0.2, -0.15) is 0 Å². The van der Waals surface area contributed by atoms with Gasteiger partial charge >= 0.3 is 6.09 Å². The molecule has 0 rings (SSSR count). The predicted octanol–water partition coefficient (Wildman–Crippen LogP) is 5.74. The van der Waals surface area contributed by atoms with Crippen LogP contribution in [0.25, 0.3) is 0 Å². The first kappa shape index (κ1) is 24.8. The predicted molar refractivity (Wildman–Crippen MR) is 107 cm³/mol. The molecule has 5 nitrogen and oxygen atoms in total. The van der Waals surface area contributed by atoms with E-state index in [1.807, 2.05) is 34.6 Å². The quantitative estimate of drug-likeness (QED) is 0.379. The molecule has 1 unspecified atom stereocenters. The maximum atomic E-state index is 12.2. The zero-order valence-electron chi connectivity index (χ0n) is 18.2. The molecule has 0 aliphatic carbocycles. The minimum absolute atomic E-state index is 0.0356. The number of rotatable bonds is 10. The second kappa shape index (κ2) is 10.2. The maximum Gasteiger partial charge on any atom is 0.408 e. The van der Waals surface area contributed by atoms with Crippen LogP contribution in [-0.4, -0.2) is 35.1 Å². The summed E-state index contributed by atoms with van der Waals surface area (Å²) in [5.74, 6) is -0.0356. The fraction of sp³-hybridized carbons (Fsp3) is 0.857. The zero-order valence-corrected chi connectivity index (χ0v) is 18.2. The minimum atomic E-state index is -0.650. The summed E-state index contributed by atoms with van der Waals surface area (Å²) in [6.07, 6.45) is 3.75. The van der Waals surface area contributed by atoms with Crippen LogP contribution in [0, 0.1) is 5.41 Å². The van der Waals surface area contributed by atoms with E-state index in [1.165, 1.54) is 0 Å². The van der Waals surface area contributed by atoms with Gasteiger partial charge in [0.05, 0.1) is 18.2 Å². The van der Waals surface area contributed by atoms with Crippen molar-refractivity contribution in [3.8, 4) is 0 Å². The third kappa shape index (κ3) is 14.0. The SMILES string of the molecule is C=C(O)C(CCCCC(C)(C)C)NC(=O)OC(C)(C)CCOC(C)(C)C. The van der Waals surface area contributed by atoms with Gasteiger partial charge in [-0.05, 0) is 52.9 Å². The van der Waals surface area contributed by atoms with Gasteiger partial charge in [0.2, 0.25) is 0 Å². The summed E-state index contributed by atoms with van der Waals surface area (Å²) in [6.45, 7) is 20.4. The van der Waals surface area contributed by atoms with Crippen LogP contribution in [0.15, 0.2) is 12.3 Å². The number of hydrogen-bond donors (Lipinski definition) is 2. The average Bonchev–Trinajstić information content (AvgIpc) is 2.38. The largest absolute Gasteiger partial charge is 0.511 e. The van der Waals surface area contributed by atoms with Gasteiger partial charge in [-0.15, -0.1) is 0 Å². The average molecular weight is 372 g/mol. The van der Waals surface area contributed by atoms with Crippen molar-refractivity contribution >= 4 is 6.09 Å². The Labute approximate surface area is 160 Å². The number of carbonyl (C=O) groups excluding carboxylic acids is 1. The van der Waals surface area contributed by atoms with E-state index in [4.69, 9.17) is 9.47 Å². The van der Waals surface area contributed by atoms with E-state index in [1.54, 1.807) is 0 Å². The van der Waals surface area contributed by atoms with Gasteiger partial charge in [0.25, 0.3) is 0 Å². The molecule has 1 atom stereocenters. The van der Waals surface area contributed by atoms with E-state index in [0.717, 1.165) is 19.3 Å². The van der Waals surface area contributed by atoms with Crippen LogP contribution in [0.4, 0.5) is 4.79 Å². The van der Waals surface area contributed by atoms with Crippen LogP contribution in [0.5, 0.6) is 0 Å². The fourth-order valence-corrected chi connectivity index (χ4v) is 2.40. The Morgan fingerprint density at radius 2 is 1.62 bits per heavy atom. The number of ether oxygens (including phenoxy) is 2. The lowest BCUT2D eigenvalue weighted by atomic mass is 9.89. The molecule has 0 aromatic heterocycles. The van der Waals surface area contributed by atoms with Gasteiger partial charge in [-0.1, -0.05) is 40.2 Å². The van der Waals surface area contributed by atoms with Crippen molar-refractivity contribution in [1.82, 2.24) is 5.32 Å². The number of nitrogens with one attached hydrogen (secondary N) is 1. The number of amides is 1. The molecule has 2 N–H and O–H groups in total. The van der Waals surface area contributed by atoms with E-state index in [0.29, 0.717) is 19.4 Å². The molecule has 0 heterocycles. The van der Waals surface area contributed by atoms with Gasteiger partial charge in [0.1, 0.15) is 11.4 Å². The Kier molecular flexibility index (Phi) is 9.71. The Balaban J connectivity index is 4.37. The number of aliphatic hydroxyl groups excluding tert-OH is 1. The lowest BCUT2D eigenvalue weighted by molar-refractivity contribution is -0.0406. The fourth-order valence-electron chi connectivity index (χ4n) is 2.40. The molecular formula is C21H41NO4. The molecule has 0 fully saturated rings. The molecule has 26 heavy (non-hydrogen) atoms. The molecule has 0 aliphatic heterocycles. The van der Waals surface area contributed by atoms with Crippen molar-refractivity contribution < 1.29 is 19.4 Å². The highest BCUT2D eigenvalue weighted by atomic mass is 16.6. The van der Waals surface area contributed by atoms with E-state index in [2.05, 4.69) is 32.7 Å². The van der Waals surface area contributed by atoms with Crippen LogP contribution in [0.3, 0.4) is 0 Å². The van der Waals surface area contributed by atoms with Gasteiger partial charge in [-0.3, -0.25) is 0 Å². The highest BCUT2D eigenvalue weighted by Crippen LogP contribution is 2.23. The van der Waals surface area contributed by atoms with E-state index in [9.17, 15) is 9.90 Å². The number of unbranched alkanes of at least 4 members (excludes halogenated alkanes) is 1. The number of carbonyl (C=O) groups is 1. The molecule has 154 valence electrons. The van der Waals surface area contributed by atoms with E-state index in [-0.39, 0.29) is 16.8 Å². The van der Waals surface area contributed by atoms with Gasteiger partial charge < -0.3 is 19.9 Å². The minimum Gasteiger partial charge on any atom is -0.511 e. The van der Waals surface area contributed by atoms with Crippen molar-refractivity contribution in [2.75, 3.05) is 6.61 Å². The molecule has 0 aliphatic rings. The number of aliphatic hydroxyl groups is 1. The first-order valence-corrected chi connectivity index (χ1v) is 9.63. The summed E-state index contributed by atoms with van der Waals surface area (Å²) in [6, 6.07) is -0.482. The topological polar surface area (TPSA) is 67.8 Å². The van der Waals surface area contributed by atoms with E-state index >= 15 is 0 Å². The smallest absolute Gasteiger partial charge is 0.408 e. The standard InChI is InChI=1S/C21H41NO4/c1-16(23)17(12-10-11-13-19(2,3)4)22-18(24)26-21(8,9)14-15-25-20(5,6)7/h17,23H,1,10-15H2,2-9H3,(H,22,24). The van der Waals surface area contributed by atoms with Crippen molar-refractivity contribution in [3.05, 3.63) is 12.3 Å². The summed E-state index contributed by atoms with van der Waals surface area (Å²) in [7, 11) is 0. The molecular weight excluding hydrogens is 330 g/mol. The summed E-state index contributed by atoms with van der Waals surface area (Å²) < 4.78 is 11.2. The van der Waals surface area contributed by atoms with Crippen molar-refractivity contribution in [2.24, 2.45) is 5.41 Å². The monoisotopic (exact) mass is 371 g/mol. The summed E-state index contributed by atoms with van der Waals surface area (Å²) >= 11 is 0. The number of hydrogen-bond acceptors (Lipinski definition) is 4. The second-order valence-electron chi connectivity index (χ2n) is 9.85. The first-order valence-electron chi connectivity index (χ1n) is 9.63. The summed E-state index contributed by atoms with van der Waals surface area (Å²) in [5.41, 5.74) is -0.578. The molecule has 1 amide bonds. The Hall–Kier alpha value is -1.23. The summed E-state index contributed by atoms with van der Waals surface area (Å²) in [4.78, 5) is 12.2. The molecule has 0 saturated carbocycles. The maximum absolute atomic E-state index is 12.2. The van der Waals surface area contributed by atoms with Crippen molar-refractivity contribution in [3.63, 3.8) is 0 Å². The highest BCUT2D eigenvalue weighted by molar-refractivity contribution is 5.68. The lowest BCUT2D eigenvalue weighted by Gasteiger charge is -2.28. The van der Waals surface area contributed by atoms with Gasteiger partial charge in [0.15, 0.2) is 0 Å². The second-order valence-corrected chi connectivity index (χ2v) is 9.85. The molecule has 0 saturated heterocycles. The molecule has 5 heteroatoms. The summed E-state index contributed by atoms with van der Waals surface area (Å²) in [5, 5.41) is 12.5. The lowest BCUT2D eigenvalue weighted by Crippen LogP contribution is -2.41.